The smallest absolute Gasteiger partial charge is 0.101 e. The summed E-state index contributed by atoms with van der Waals surface area (Å²) in [6.07, 6.45) is 0. The Morgan fingerprint density at radius 2 is 1.86 bits per heavy atom. The zero-order valence-electron chi connectivity index (χ0n) is 13.7. The molecule has 0 amide bonds. The first-order valence-electron chi connectivity index (χ1n) is 7.39. The van der Waals surface area contributed by atoms with E-state index >= 15 is 0 Å². The predicted molar refractivity (Wildman–Crippen MR) is 85.4 cm³/mol. The van der Waals surface area contributed by atoms with Crippen LogP contribution in [0.2, 0.25) is 0 Å². The van der Waals surface area contributed by atoms with Crippen LogP contribution in [0.15, 0.2) is 18.2 Å². The zero-order valence-corrected chi connectivity index (χ0v) is 13.7. The summed E-state index contributed by atoms with van der Waals surface area (Å²) in [4.78, 5) is 2.27. The third kappa shape index (κ3) is 3.75. The van der Waals surface area contributed by atoms with E-state index in [1.54, 1.807) is 0 Å². The zero-order chi connectivity index (χ0) is 15.7. The lowest BCUT2D eigenvalue weighted by Gasteiger charge is -2.48. The molecule has 0 atom stereocenters. The Kier molecular flexibility index (Phi) is 4.27. The van der Waals surface area contributed by atoms with E-state index in [1.807, 2.05) is 13.1 Å². The molecule has 1 aromatic carbocycles. The highest BCUT2D eigenvalue weighted by Gasteiger charge is 2.38. The fraction of sp³-hybridized carbons (Fsp3) is 0.588. The molecule has 0 aromatic heterocycles. The van der Waals surface area contributed by atoms with Crippen molar-refractivity contribution in [1.29, 1.82) is 5.26 Å². The van der Waals surface area contributed by atoms with Crippen LogP contribution in [0.1, 0.15) is 38.8 Å². The van der Waals surface area contributed by atoms with Gasteiger partial charge < -0.3 is 15.0 Å². The molecule has 0 radical (unpaired) electrons. The summed E-state index contributed by atoms with van der Waals surface area (Å²) in [5.41, 5.74) is 2.42. The molecular weight excluding hydrogens is 262 g/mol. The number of nitrogens with one attached hydrogen (secondary N) is 1. The third-order valence-electron chi connectivity index (χ3n) is 3.60. The molecule has 1 fully saturated rings. The van der Waals surface area contributed by atoms with Gasteiger partial charge in [-0.3, -0.25) is 0 Å². The van der Waals surface area contributed by atoms with Crippen molar-refractivity contribution in [2.24, 2.45) is 0 Å². The molecule has 0 unspecified atom stereocenters. The Balaban J connectivity index is 2.35. The third-order valence-corrected chi connectivity index (χ3v) is 3.60. The van der Waals surface area contributed by atoms with Crippen molar-refractivity contribution in [3.63, 3.8) is 0 Å². The van der Waals surface area contributed by atoms with Gasteiger partial charge in [-0.15, -0.1) is 0 Å². The normalized spacial score (nSPS) is 20.1. The summed E-state index contributed by atoms with van der Waals surface area (Å²) in [6.45, 7) is 10.7. The van der Waals surface area contributed by atoms with Crippen LogP contribution in [0.4, 0.5) is 5.69 Å². The highest BCUT2D eigenvalue weighted by Crippen LogP contribution is 2.33. The molecule has 4 nitrogen and oxygen atoms in total. The highest BCUT2D eigenvalue weighted by atomic mass is 16.5. The monoisotopic (exact) mass is 287 g/mol. The summed E-state index contributed by atoms with van der Waals surface area (Å²) in [5, 5.41) is 12.6. The minimum atomic E-state index is -0.224. The molecule has 1 aromatic rings. The first kappa shape index (κ1) is 15.8. The van der Waals surface area contributed by atoms with Crippen molar-refractivity contribution in [2.75, 3.05) is 25.0 Å². The molecule has 1 aliphatic heterocycles. The maximum atomic E-state index is 9.47. The molecule has 0 bridgehead atoms. The lowest BCUT2D eigenvalue weighted by molar-refractivity contribution is -0.133. The van der Waals surface area contributed by atoms with Crippen LogP contribution >= 0.6 is 0 Å². The maximum Gasteiger partial charge on any atom is 0.101 e. The van der Waals surface area contributed by atoms with Crippen LogP contribution in [0.5, 0.6) is 0 Å². The second-order valence-electron chi connectivity index (χ2n) is 6.97. The van der Waals surface area contributed by atoms with Crippen molar-refractivity contribution in [3.05, 3.63) is 29.3 Å². The van der Waals surface area contributed by atoms with Gasteiger partial charge in [0.25, 0.3) is 0 Å². The molecule has 0 spiro atoms. The van der Waals surface area contributed by atoms with Crippen LogP contribution < -0.4 is 10.2 Å². The van der Waals surface area contributed by atoms with E-state index in [1.165, 1.54) is 0 Å². The molecule has 2 rings (SSSR count). The van der Waals surface area contributed by atoms with E-state index in [0.717, 1.165) is 36.4 Å². The fourth-order valence-corrected chi connectivity index (χ4v) is 3.22. The van der Waals surface area contributed by atoms with Gasteiger partial charge in [0.2, 0.25) is 0 Å². The van der Waals surface area contributed by atoms with Gasteiger partial charge >= 0.3 is 0 Å². The molecule has 0 saturated carbocycles. The van der Waals surface area contributed by atoms with Crippen molar-refractivity contribution < 1.29 is 4.74 Å². The average molecular weight is 287 g/mol. The molecule has 114 valence electrons. The standard InChI is InChI=1S/C17H25N3O/c1-16(2)11-20(12-17(3,4)21-16)15-7-6-13(10-19-5)8-14(15)9-18/h6-8,19H,10-12H2,1-5H3. The Hall–Kier alpha value is -1.57. The van der Waals surface area contributed by atoms with Gasteiger partial charge in [-0.2, -0.15) is 5.26 Å². The Morgan fingerprint density at radius 1 is 1.24 bits per heavy atom. The number of anilines is 1. The van der Waals surface area contributed by atoms with Gasteiger partial charge in [-0.25, -0.2) is 0 Å². The predicted octanol–water partition coefficient (Wildman–Crippen LogP) is 2.67. The van der Waals surface area contributed by atoms with E-state index in [-0.39, 0.29) is 11.2 Å². The number of hydrogen-bond donors (Lipinski definition) is 1. The number of nitrogens with zero attached hydrogens (tertiary/aromatic N) is 2. The number of nitriles is 1. The average Bonchev–Trinajstić information content (AvgIpc) is 2.35. The Bertz CT molecular complexity index is 542. The van der Waals surface area contributed by atoms with Gasteiger partial charge in [0.15, 0.2) is 0 Å². The number of ether oxygens (including phenoxy) is 1. The first-order chi connectivity index (χ1) is 9.76. The van der Waals surface area contributed by atoms with Gasteiger partial charge in [0, 0.05) is 19.6 Å². The van der Waals surface area contributed by atoms with Crippen LogP contribution in [-0.2, 0) is 11.3 Å². The van der Waals surface area contributed by atoms with Crippen LogP contribution in [0.25, 0.3) is 0 Å². The van der Waals surface area contributed by atoms with E-state index in [0.29, 0.717) is 0 Å². The molecule has 4 heteroatoms. The lowest BCUT2D eigenvalue weighted by Crippen LogP contribution is -2.57. The summed E-state index contributed by atoms with van der Waals surface area (Å²) < 4.78 is 6.11. The van der Waals surface area contributed by atoms with Crippen molar-refractivity contribution in [3.8, 4) is 6.07 Å². The lowest BCUT2D eigenvalue weighted by atomic mass is 9.97. The quantitative estimate of drug-likeness (QED) is 0.928. The number of benzene rings is 1. The van der Waals surface area contributed by atoms with Crippen molar-refractivity contribution in [2.45, 2.75) is 45.4 Å². The van der Waals surface area contributed by atoms with Gasteiger partial charge in [0.05, 0.1) is 22.5 Å². The van der Waals surface area contributed by atoms with Crippen LogP contribution in [0.3, 0.4) is 0 Å². The number of hydrogen-bond acceptors (Lipinski definition) is 4. The van der Waals surface area contributed by atoms with Crippen molar-refractivity contribution >= 4 is 5.69 Å². The number of morpholine rings is 1. The fourth-order valence-electron chi connectivity index (χ4n) is 3.22. The van der Waals surface area contributed by atoms with Crippen LogP contribution in [0, 0.1) is 11.3 Å². The molecule has 0 aliphatic carbocycles. The van der Waals surface area contributed by atoms with E-state index < -0.39 is 0 Å². The minimum Gasteiger partial charge on any atom is -0.366 e. The van der Waals surface area contributed by atoms with Gasteiger partial charge in [0.1, 0.15) is 6.07 Å². The van der Waals surface area contributed by atoms with Crippen molar-refractivity contribution in [1.82, 2.24) is 5.32 Å². The summed E-state index contributed by atoms with van der Waals surface area (Å²) in [5.74, 6) is 0. The number of rotatable bonds is 3. The molecular formula is C17H25N3O. The summed E-state index contributed by atoms with van der Waals surface area (Å²) >= 11 is 0. The SMILES string of the molecule is CNCc1ccc(N2CC(C)(C)OC(C)(C)C2)c(C#N)c1. The van der Waals surface area contributed by atoms with E-state index in [2.05, 4.69) is 56.1 Å². The molecule has 1 aliphatic rings. The molecule has 21 heavy (non-hydrogen) atoms. The second kappa shape index (κ2) is 5.67. The first-order valence-corrected chi connectivity index (χ1v) is 7.39. The maximum absolute atomic E-state index is 9.47. The van der Waals surface area contributed by atoms with Gasteiger partial charge in [-0.05, 0) is 52.4 Å². The largest absolute Gasteiger partial charge is 0.366 e. The Morgan fingerprint density at radius 3 is 2.38 bits per heavy atom. The summed E-state index contributed by atoms with van der Waals surface area (Å²) in [6, 6.07) is 8.45. The Labute approximate surface area is 127 Å². The topological polar surface area (TPSA) is 48.3 Å². The van der Waals surface area contributed by atoms with Crippen LogP contribution in [-0.4, -0.2) is 31.3 Å². The molecule has 1 N–H and O–H groups in total. The highest BCUT2D eigenvalue weighted by molar-refractivity contribution is 5.61. The van der Waals surface area contributed by atoms with E-state index in [9.17, 15) is 5.26 Å². The molecule has 1 heterocycles. The minimum absolute atomic E-state index is 0.224. The summed E-state index contributed by atoms with van der Waals surface area (Å²) in [7, 11) is 1.91. The van der Waals surface area contributed by atoms with E-state index in [4.69, 9.17) is 4.74 Å². The molecule has 1 saturated heterocycles. The van der Waals surface area contributed by atoms with Gasteiger partial charge in [-0.1, -0.05) is 6.07 Å². The second-order valence-corrected chi connectivity index (χ2v) is 6.97.